The Morgan fingerprint density at radius 1 is 1.10 bits per heavy atom. The molecular formula is C19H24N2. The summed E-state index contributed by atoms with van der Waals surface area (Å²) in [6.45, 7) is 4.32. The van der Waals surface area contributed by atoms with Crippen LogP contribution in [0.3, 0.4) is 0 Å². The monoisotopic (exact) mass is 280 g/mol. The molecule has 0 radical (unpaired) electrons. The number of para-hydroxylation sites is 1. The number of benzene rings is 2. The SMILES string of the molecule is CC(N)Cc1ccccc1N1CCC(c2ccccc2)C1. The molecule has 2 aromatic rings. The maximum Gasteiger partial charge on any atom is 0.0399 e. The highest BCUT2D eigenvalue weighted by Crippen LogP contribution is 2.32. The minimum atomic E-state index is 0.207. The lowest BCUT2D eigenvalue weighted by Crippen LogP contribution is -2.23. The van der Waals surface area contributed by atoms with Gasteiger partial charge in [-0.1, -0.05) is 48.5 Å². The second kappa shape index (κ2) is 6.31. The first-order valence-corrected chi connectivity index (χ1v) is 7.87. The van der Waals surface area contributed by atoms with Crippen LogP contribution in [0.5, 0.6) is 0 Å². The molecule has 2 heteroatoms. The fourth-order valence-corrected chi connectivity index (χ4v) is 3.32. The van der Waals surface area contributed by atoms with Gasteiger partial charge in [0.15, 0.2) is 0 Å². The zero-order valence-corrected chi connectivity index (χ0v) is 12.7. The second-order valence-electron chi connectivity index (χ2n) is 6.15. The fourth-order valence-electron chi connectivity index (χ4n) is 3.32. The van der Waals surface area contributed by atoms with Crippen LogP contribution in [0.1, 0.15) is 30.4 Å². The topological polar surface area (TPSA) is 29.3 Å². The lowest BCUT2D eigenvalue weighted by atomic mass is 9.99. The molecule has 0 saturated carbocycles. The largest absolute Gasteiger partial charge is 0.371 e. The van der Waals surface area contributed by atoms with Crippen LogP contribution in [0.2, 0.25) is 0 Å². The molecule has 2 aromatic carbocycles. The lowest BCUT2D eigenvalue weighted by Gasteiger charge is -2.23. The fraction of sp³-hybridized carbons (Fsp3) is 0.368. The van der Waals surface area contributed by atoms with E-state index in [0.29, 0.717) is 5.92 Å². The van der Waals surface area contributed by atoms with Crippen LogP contribution in [-0.4, -0.2) is 19.1 Å². The molecule has 1 aliphatic rings. The van der Waals surface area contributed by atoms with Crippen LogP contribution in [0.4, 0.5) is 5.69 Å². The predicted octanol–water partition coefficient (Wildman–Crippen LogP) is 3.57. The minimum Gasteiger partial charge on any atom is -0.371 e. The smallest absolute Gasteiger partial charge is 0.0399 e. The molecule has 0 bridgehead atoms. The first-order chi connectivity index (χ1) is 10.2. The van der Waals surface area contributed by atoms with Crippen molar-refractivity contribution < 1.29 is 0 Å². The van der Waals surface area contributed by atoms with Crippen LogP contribution in [0.15, 0.2) is 54.6 Å². The molecule has 21 heavy (non-hydrogen) atoms. The van der Waals surface area contributed by atoms with Gasteiger partial charge in [-0.3, -0.25) is 0 Å². The number of anilines is 1. The van der Waals surface area contributed by atoms with Gasteiger partial charge in [-0.05, 0) is 37.0 Å². The van der Waals surface area contributed by atoms with E-state index in [-0.39, 0.29) is 6.04 Å². The van der Waals surface area contributed by atoms with E-state index in [1.165, 1.54) is 23.2 Å². The Hall–Kier alpha value is -1.80. The first-order valence-electron chi connectivity index (χ1n) is 7.87. The summed E-state index contributed by atoms with van der Waals surface area (Å²) in [7, 11) is 0. The average molecular weight is 280 g/mol. The maximum absolute atomic E-state index is 5.99. The van der Waals surface area contributed by atoms with E-state index in [9.17, 15) is 0 Å². The predicted molar refractivity (Wildman–Crippen MR) is 89.8 cm³/mol. The van der Waals surface area contributed by atoms with Gasteiger partial charge in [0, 0.05) is 30.7 Å². The van der Waals surface area contributed by atoms with Gasteiger partial charge >= 0.3 is 0 Å². The van der Waals surface area contributed by atoms with E-state index in [4.69, 9.17) is 5.73 Å². The van der Waals surface area contributed by atoms with Gasteiger partial charge in [0.25, 0.3) is 0 Å². The van der Waals surface area contributed by atoms with Gasteiger partial charge < -0.3 is 10.6 Å². The van der Waals surface area contributed by atoms with Crippen molar-refractivity contribution in [3.63, 3.8) is 0 Å². The molecule has 2 N–H and O–H groups in total. The van der Waals surface area contributed by atoms with Crippen molar-refractivity contribution in [1.29, 1.82) is 0 Å². The third-order valence-corrected chi connectivity index (χ3v) is 4.33. The molecule has 110 valence electrons. The second-order valence-corrected chi connectivity index (χ2v) is 6.15. The van der Waals surface area contributed by atoms with Gasteiger partial charge in [-0.15, -0.1) is 0 Å². The zero-order valence-electron chi connectivity index (χ0n) is 12.7. The third-order valence-electron chi connectivity index (χ3n) is 4.33. The van der Waals surface area contributed by atoms with E-state index in [1.54, 1.807) is 0 Å². The standard InChI is InChI=1S/C19H24N2/c1-15(20)13-17-9-5-6-10-19(17)21-12-11-18(14-21)16-7-3-2-4-8-16/h2-10,15,18H,11-14,20H2,1H3. The normalized spacial score (nSPS) is 19.7. The molecule has 0 aromatic heterocycles. The molecule has 0 amide bonds. The van der Waals surface area contributed by atoms with Crippen molar-refractivity contribution >= 4 is 5.69 Å². The van der Waals surface area contributed by atoms with Crippen molar-refractivity contribution in [2.75, 3.05) is 18.0 Å². The molecule has 2 unspecified atom stereocenters. The number of hydrogen-bond acceptors (Lipinski definition) is 2. The van der Waals surface area contributed by atoms with Crippen LogP contribution < -0.4 is 10.6 Å². The van der Waals surface area contributed by atoms with Gasteiger partial charge in [0.1, 0.15) is 0 Å². The summed E-state index contributed by atoms with van der Waals surface area (Å²) in [5.41, 5.74) is 10.2. The maximum atomic E-state index is 5.99. The molecule has 1 saturated heterocycles. The Balaban J connectivity index is 1.77. The Labute approximate surface area is 127 Å². The van der Waals surface area contributed by atoms with Crippen molar-refractivity contribution in [2.45, 2.75) is 31.7 Å². The summed E-state index contributed by atoms with van der Waals surface area (Å²) < 4.78 is 0. The summed E-state index contributed by atoms with van der Waals surface area (Å²) in [5.74, 6) is 0.648. The van der Waals surface area contributed by atoms with Crippen LogP contribution in [-0.2, 0) is 6.42 Å². The molecule has 1 fully saturated rings. The summed E-state index contributed by atoms with van der Waals surface area (Å²) in [6, 6.07) is 19.8. The van der Waals surface area contributed by atoms with E-state index >= 15 is 0 Å². The van der Waals surface area contributed by atoms with Crippen molar-refractivity contribution in [2.24, 2.45) is 5.73 Å². The molecule has 2 atom stereocenters. The minimum absolute atomic E-state index is 0.207. The van der Waals surface area contributed by atoms with Crippen molar-refractivity contribution in [1.82, 2.24) is 0 Å². The quantitative estimate of drug-likeness (QED) is 0.927. The van der Waals surface area contributed by atoms with Gasteiger partial charge in [-0.2, -0.15) is 0 Å². The summed E-state index contributed by atoms with van der Waals surface area (Å²) in [4.78, 5) is 2.52. The average Bonchev–Trinajstić information content (AvgIpc) is 2.98. The lowest BCUT2D eigenvalue weighted by molar-refractivity contribution is 0.734. The van der Waals surface area contributed by atoms with Crippen molar-refractivity contribution in [3.05, 3.63) is 65.7 Å². The Morgan fingerprint density at radius 2 is 1.81 bits per heavy atom. The van der Waals surface area contributed by atoms with Gasteiger partial charge in [-0.25, -0.2) is 0 Å². The molecule has 0 spiro atoms. The van der Waals surface area contributed by atoms with Crippen molar-refractivity contribution in [3.8, 4) is 0 Å². The highest BCUT2D eigenvalue weighted by molar-refractivity contribution is 5.55. The number of hydrogen-bond donors (Lipinski definition) is 1. The summed E-state index contributed by atoms with van der Waals surface area (Å²) >= 11 is 0. The number of rotatable bonds is 4. The van der Waals surface area contributed by atoms with Crippen LogP contribution >= 0.6 is 0 Å². The molecule has 1 heterocycles. The third kappa shape index (κ3) is 3.27. The Morgan fingerprint density at radius 3 is 2.57 bits per heavy atom. The van der Waals surface area contributed by atoms with Gasteiger partial charge in [0.2, 0.25) is 0 Å². The van der Waals surface area contributed by atoms with E-state index in [0.717, 1.165) is 19.5 Å². The highest BCUT2D eigenvalue weighted by Gasteiger charge is 2.25. The summed E-state index contributed by atoms with van der Waals surface area (Å²) in [5, 5.41) is 0. The van der Waals surface area contributed by atoms with E-state index in [1.807, 2.05) is 0 Å². The summed E-state index contributed by atoms with van der Waals surface area (Å²) in [6.07, 6.45) is 2.18. The number of nitrogens with two attached hydrogens (primary N) is 1. The molecule has 2 nitrogen and oxygen atoms in total. The van der Waals surface area contributed by atoms with E-state index < -0.39 is 0 Å². The Bertz CT molecular complexity index is 577. The van der Waals surface area contributed by atoms with Gasteiger partial charge in [0.05, 0.1) is 0 Å². The molecule has 3 rings (SSSR count). The molecule has 1 aliphatic heterocycles. The molecule has 0 aliphatic carbocycles. The first kappa shape index (κ1) is 14.2. The zero-order chi connectivity index (χ0) is 14.7. The van der Waals surface area contributed by atoms with Crippen LogP contribution in [0.25, 0.3) is 0 Å². The highest BCUT2D eigenvalue weighted by atomic mass is 15.2. The Kier molecular flexibility index (Phi) is 4.26. The van der Waals surface area contributed by atoms with Crippen LogP contribution in [0, 0.1) is 0 Å². The number of nitrogens with zero attached hydrogens (tertiary/aromatic N) is 1. The molecular weight excluding hydrogens is 256 g/mol. The van der Waals surface area contributed by atoms with E-state index in [2.05, 4.69) is 66.4 Å².